The van der Waals surface area contributed by atoms with Crippen molar-refractivity contribution in [2.45, 2.75) is 32.4 Å². The van der Waals surface area contributed by atoms with Gasteiger partial charge in [0.05, 0.1) is 11.6 Å². The molecule has 3 atom stereocenters. The van der Waals surface area contributed by atoms with E-state index in [2.05, 4.69) is 21.8 Å². The Labute approximate surface area is 134 Å². The Morgan fingerprint density at radius 3 is 2.91 bits per heavy atom. The summed E-state index contributed by atoms with van der Waals surface area (Å²) in [5.74, 6) is 1.15. The average molecular weight is 314 g/mol. The zero-order valence-electron chi connectivity index (χ0n) is 13.2. The molecule has 6 heteroatoms. The van der Waals surface area contributed by atoms with Crippen molar-refractivity contribution in [3.05, 3.63) is 30.3 Å². The van der Waals surface area contributed by atoms with Gasteiger partial charge in [0, 0.05) is 43.4 Å². The van der Waals surface area contributed by atoms with Gasteiger partial charge in [0.25, 0.3) is 0 Å². The number of amides is 1. The van der Waals surface area contributed by atoms with E-state index < -0.39 is 0 Å². The van der Waals surface area contributed by atoms with Gasteiger partial charge in [-0.05, 0) is 25.5 Å². The maximum absolute atomic E-state index is 13.5. The van der Waals surface area contributed by atoms with Gasteiger partial charge in [0.1, 0.15) is 18.0 Å². The Hall–Kier alpha value is -2.24. The first kappa shape index (κ1) is 14.4. The van der Waals surface area contributed by atoms with Crippen molar-refractivity contribution in [2.24, 2.45) is 5.92 Å². The number of carbonyl (C=O) groups is 1. The van der Waals surface area contributed by atoms with Gasteiger partial charge in [-0.25, -0.2) is 14.4 Å². The monoisotopic (exact) mass is 314 g/mol. The van der Waals surface area contributed by atoms with Gasteiger partial charge in [-0.3, -0.25) is 4.79 Å². The Morgan fingerprint density at radius 2 is 2.13 bits per heavy atom. The van der Waals surface area contributed by atoms with E-state index in [1.54, 1.807) is 13.0 Å². The van der Waals surface area contributed by atoms with E-state index in [0.29, 0.717) is 17.5 Å². The van der Waals surface area contributed by atoms with Crippen molar-refractivity contribution < 1.29 is 9.18 Å². The summed E-state index contributed by atoms with van der Waals surface area (Å²) in [5.41, 5.74) is 0.618. The molecule has 0 saturated carbocycles. The number of anilines is 1. The average Bonchev–Trinajstić information content (AvgIpc) is 3.03. The third-order valence-electron chi connectivity index (χ3n) is 5.15. The van der Waals surface area contributed by atoms with Gasteiger partial charge in [-0.1, -0.05) is 0 Å². The molecule has 1 aromatic carbocycles. The van der Waals surface area contributed by atoms with Crippen LogP contribution in [0.15, 0.2) is 24.5 Å². The van der Waals surface area contributed by atoms with Crippen molar-refractivity contribution in [2.75, 3.05) is 18.0 Å². The molecule has 2 fully saturated rings. The van der Waals surface area contributed by atoms with Crippen molar-refractivity contribution in [3.8, 4) is 0 Å². The van der Waals surface area contributed by atoms with E-state index in [0.717, 1.165) is 30.7 Å². The van der Waals surface area contributed by atoms with Gasteiger partial charge in [0.2, 0.25) is 5.91 Å². The fourth-order valence-electron chi connectivity index (χ4n) is 4.12. The fourth-order valence-corrected chi connectivity index (χ4v) is 4.12. The molecule has 2 aliphatic heterocycles. The predicted molar refractivity (Wildman–Crippen MR) is 85.6 cm³/mol. The second kappa shape index (κ2) is 5.15. The third-order valence-corrected chi connectivity index (χ3v) is 5.15. The summed E-state index contributed by atoms with van der Waals surface area (Å²) in [6, 6.07) is 5.26. The lowest BCUT2D eigenvalue weighted by atomic mass is 10.0. The molecule has 5 nitrogen and oxygen atoms in total. The fraction of sp³-hybridized carbons (Fsp3) is 0.471. The second-order valence-corrected chi connectivity index (χ2v) is 6.60. The number of benzene rings is 1. The first-order valence-electron chi connectivity index (χ1n) is 7.98. The van der Waals surface area contributed by atoms with E-state index in [4.69, 9.17) is 0 Å². The van der Waals surface area contributed by atoms with E-state index in [1.165, 1.54) is 18.5 Å². The maximum Gasteiger partial charge on any atom is 0.219 e. The largest absolute Gasteiger partial charge is 0.348 e. The molecule has 3 heterocycles. The predicted octanol–water partition coefficient (Wildman–Crippen LogP) is 2.21. The SMILES string of the molecule is CC(=O)N1CC2CC(C)N(c3ncnc4cc(F)ccc34)C2C1. The van der Waals surface area contributed by atoms with Crippen LogP contribution in [-0.4, -0.2) is 45.9 Å². The van der Waals surface area contributed by atoms with E-state index >= 15 is 0 Å². The van der Waals surface area contributed by atoms with Gasteiger partial charge in [-0.15, -0.1) is 0 Å². The molecule has 0 aliphatic carbocycles. The second-order valence-electron chi connectivity index (χ2n) is 6.60. The molecule has 2 aromatic rings. The van der Waals surface area contributed by atoms with Crippen molar-refractivity contribution in [1.82, 2.24) is 14.9 Å². The van der Waals surface area contributed by atoms with Crippen LogP contribution in [0.1, 0.15) is 20.3 Å². The topological polar surface area (TPSA) is 49.3 Å². The summed E-state index contributed by atoms with van der Waals surface area (Å²) < 4.78 is 13.5. The van der Waals surface area contributed by atoms with Gasteiger partial charge in [-0.2, -0.15) is 0 Å². The molecule has 120 valence electrons. The molecule has 1 amide bonds. The quantitative estimate of drug-likeness (QED) is 0.810. The summed E-state index contributed by atoms with van der Waals surface area (Å²) in [5, 5.41) is 0.864. The van der Waals surface area contributed by atoms with Gasteiger partial charge < -0.3 is 9.80 Å². The molecule has 23 heavy (non-hydrogen) atoms. The summed E-state index contributed by atoms with van der Waals surface area (Å²) >= 11 is 0. The smallest absolute Gasteiger partial charge is 0.219 e. The van der Waals surface area contributed by atoms with Crippen LogP contribution in [0.5, 0.6) is 0 Å². The minimum atomic E-state index is -0.293. The van der Waals surface area contributed by atoms with Crippen molar-refractivity contribution >= 4 is 22.6 Å². The molecule has 0 N–H and O–H groups in total. The van der Waals surface area contributed by atoms with Crippen molar-refractivity contribution in [1.29, 1.82) is 0 Å². The van der Waals surface area contributed by atoms with Crippen LogP contribution in [0.4, 0.5) is 10.2 Å². The number of fused-ring (bicyclic) bond motifs is 2. The maximum atomic E-state index is 13.5. The summed E-state index contributed by atoms with van der Waals surface area (Å²) in [6.07, 6.45) is 2.54. The molecule has 1 aromatic heterocycles. The van der Waals surface area contributed by atoms with E-state index in [1.807, 2.05) is 4.90 Å². The van der Waals surface area contributed by atoms with Crippen LogP contribution >= 0.6 is 0 Å². The van der Waals surface area contributed by atoms with Crippen LogP contribution in [-0.2, 0) is 4.79 Å². The number of hydrogen-bond donors (Lipinski definition) is 0. The first-order valence-corrected chi connectivity index (χ1v) is 7.98. The molecule has 3 unspecified atom stereocenters. The van der Waals surface area contributed by atoms with Crippen LogP contribution in [0.25, 0.3) is 10.9 Å². The Balaban J connectivity index is 1.76. The molecule has 0 radical (unpaired) electrons. The van der Waals surface area contributed by atoms with Crippen LogP contribution in [0.3, 0.4) is 0 Å². The van der Waals surface area contributed by atoms with Crippen LogP contribution in [0, 0.1) is 11.7 Å². The zero-order valence-corrected chi connectivity index (χ0v) is 13.2. The molecular weight excluding hydrogens is 295 g/mol. The number of hydrogen-bond acceptors (Lipinski definition) is 4. The molecule has 2 aliphatic rings. The first-order chi connectivity index (χ1) is 11.0. The summed E-state index contributed by atoms with van der Waals surface area (Å²) in [7, 11) is 0. The highest BCUT2D eigenvalue weighted by atomic mass is 19.1. The van der Waals surface area contributed by atoms with Gasteiger partial charge in [0.15, 0.2) is 0 Å². The minimum Gasteiger partial charge on any atom is -0.348 e. The molecular formula is C17H19FN4O. The Morgan fingerprint density at radius 1 is 1.30 bits per heavy atom. The lowest BCUT2D eigenvalue weighted by Crippen LogP contribution is -2.40. The number of rotatable bonds is 1. The normalized spacial score (nSPS) is 26.8. The molecule has 4 rings (SSSR count). The molecule has 0 bridgehead atoms. The highest BCUT2D eigenvalue weighted by Crippen LogP contribution is 2.40. The summed E-state index contributed by atoms with van der Waals surface area (Å²) in [6.45, 7) is 5.36. The zero-order chi connectivity index (χ0) is 16.1. The van der Waals surface area contributed by atoms with Crippen LogP contribution in [0.2, 0.25) is 0 Å². The van der Waals surface area contributed by atoms with Gasteiger partial charge >= 0.3 is 0 Å². The Kier molecular flexibility index (Phi) is 3.21. The lowest BCUT2D eigenvalue weighted by molar-refractivity contribution is -0.128. The van der Waals surface area contributed by atoms with E-state index in [9.17, 15) is 9.18 Å². The van der Waals surface area contributed by atoms with Crippen LogP contribution < -0.4 is 4.90 Å². The standard InChI is InChI=1S/C17H19FN4O/c1-10-5-12-7-21(11(2)23)8-16(12)22(10)17-14-4-3-13(18)6-15(14)19-9-20-17/h3-4,6,9-10,12,16H,5,7-8H2,1-2H3. The van der Waals surface area contributed by atoms with Crippen molar-refractivity contribution in [3.63, 3.8) is 0 Å². The number of halogens is 1. The Bertz CT molecular complexity index is 780. The number of likely N-dealkylation sites (tertiary alicyclic amines) is 1. The lowest BCUT2D eigenvalue weighted by Gasteiger charge is -2.30. The highest BCUT2D eigenvalue weighted by Gasteiger charge is 2.46. The number of carbonyl (C=O) groups excluding carboxylic acids is 1. The highest BCUT2D eigenvalue weighted by molar-refractivity contribution is 5.89. The third kappa shape index (κ3) is 2.24. The summed E-state index contributed by atoms with van der Waals surface area (Å²) in [4.78, 5) is 24.6. The minimum absolute atomic E-state index is 0.126. The molecule has 2 saturated heterocycles. The van der Waals surface area contributed by atoms with E-state index in [-0.39, 0.29) is 17.8 Å². The molecule has 0 spiro atoms. The number of nitrogens with zero attached hydrogens (tertiary/aromatic N) is 4. The number of aromatic nitrogens is 2.